The number of amides is 1. The van der Waals surface area contributed by atoms with E-state index in [2.05, 4.69) is 15.9 Å². The van der Waals surface area contributed by atoms with Gasteiger partial charge in [-0.3, -0.25) is 9.59 Å². The Bertz CT molecular complexity index is 646. The van der Waals surface area contributed by atoms with Crippen molar-refractivity contribution in [2.45, 2.75) is 11.0 Å². The van der Waals surface area contributed by atoms with Crippen molar-refractivity contribution in [3.8, 4) is 0 Å². The smallest absolute Gasteiger partial charge is 0.317 e. The number of primary amides is 1. The minimum atomic E-state index is -1.06. The first-order valence-corrected chi connectivity index (χ1v) is 8.26. The Morgan fingerprint density at radius 2 is 1.73 bits per heavy atom. The Morgan fingerprint density at radius 3 is 2.32 bits per heavy atom. The summed E-state index contributed by atoms with van der Waals surface area (Å²) in [4.78, 5) is 24.3. The standard InChI is InChI=1S/C16H14BrNO3S/c17-12-6-8-13(9-7-12)22-10-14(19)21-15(16(18)20)11-4-2-1-3-5-11/h1-9,15H,10H2,(H2,18,20). The molecular weight excluding hydrogens is 366 g/mol. The third-order valence-corrected chi connectivity index (χ3v) is 4.29. The molecule has 2 aromatic carbocycles. The molecule has 0 saturated heterocycles. The number of thioether (sulfide) groups is 1. The predicted molar refractivity (Wildman–Crippen MR) is 89.3 cm³/mol. The SMILES string of the molecule is NC(=O)C(OC(=O)CSc1ccc(Br)cc1)c1ccccc1. The van der Waals surface area contributed by atoms with Gasteiger partial charge in [0.25, 0.3) is 5.91 Å². The van der Waals surface area contributed by atoms with Gasteiger partial charge in [0, 0.05) is 14.9 Å². The van der Waals surface area contributed by atoms with E-state index in [9.17, 15) is 9.59 Å². The van der Waals surface area contributed by atoms with Gasteiger partial charge in [-0.15, -0.1) is 11.8 Å². The van der Waals surface area contributed by atoms with Gasteiger partial charge in [-0.25, -0.2) is 0 Å². The van der Waals surface area contributed by atoms with Crippen molar-refractivity contribution in [2.75, 3.05) is 5.75 Å². The first-order valence-electron chi connectivity index (χ1n) is 6.48. The fourth-order valence-corrected chi connectivity index (χ4v) is 2.70. The molecule has 0 fully saturated rings. The normalized spacial score (nSPS) is 11.7. The first-order chi connectivity index (χ1) is 10.6. The molecule has 0 saturated carbocycles. The molecule has 2 rings (SSSR count). The molecule has 1 atom stereocenters. The second kappa shape index (κ2) is 8.00. The van der Waals surface area contributed by atoms with Crippen molar-refractivity contribution in [1.29, 1.82) is 0 Å². The number of nitrogens with two attached hydrogens (primary N) is 1. The topological polar surface area (TPSA) is 69.4 Å². The van der Waals surface area contributed by atoms with Gasteiger partial charge in [-0.2, -0.15) is 0 Å². The maximum Gasteiger partial charge on any atom is 0.317 e. The maximum absolute atomic E-state index is 11.9. The molecule has 2 N–H and O–H groups in total. The van der Waals surface area contributed by atoms with Crippen molar-refractivity contribution < 1.29 is 14.3 Å². The van der Waals surface area contributed by atoms with Crippen molar-refractivity contribution in [3.63, 3.8) is 0 Å². The van der Waals surface area contributed by atoms with Crippen LogP contribution in [0.25, 0.3) is 0 Å². The van der Waals surface area contributed by atoms with E-state index in [1.165, 1.54) is 11.8 Å². The second-order valence-electron chi connectivity index (χ2n) is 4.43. The average molecular weight is 380 g/mol. The molecule has 1 unspecified atom stereocenters. The lowest BCUT2D eigenvalue weighted by molar-refractivity contribution is -0.152. The van der Waals surface area contributed by atoms with E-state index in [4.69, 9.17) is 10.5 Å². The summed E-state index contributed by atoms with van der Waals surface area (Å²) in [5.41, 5.74) is 5.88. The number of rotatable bonds is 6. The van der Waals surface area contributed by atoms with Gasteiger partial charge < -0.3 is 10.5 Å². The summed E-state index contributed by atoms with van der Waals surface area (Å²) in [7, 11) is 0. The highest BCUT2D eigenvalue weighted by Crippen LogP contribution is 2.22. The van der Waals surface area contributed by atoms with Crippen LogP contribution in [0.15, 0.2) is 64.0 Å². The highest BCUT2D eigenvalue weighted by Gasteiger charge is 2.22. The number of carbonyl (C=O) groups is 2. The molecule has 0 bridgehead atoms. The Hall–Kier alpha value is -1.79. The molecule has 2 aromatic rings. The summed E-state index contributed by atoms with van der Waals surface area (Å²) < 4.78 is 6.17. The number of carbonyl (C=O) groups excluding carboxylic acids is 2. The van der Waals surface area contributed by atoms with Gasteiger partial charge in [-0.1, -0.05) is 46.3 Å². The van der Waals surface area contributed by atoms with Crippen LogP contribution in [0.1, 0.15) is 11.7 Å². The van der Waals surface area contributed by atoms with E-state index in [1.807, 2.05) is 30.3 Å². The maximum atomic E-state index is 11.9. The lowest BCUT2D eigenvalue weighted by Gasteiger charge is -2.14. The lowest BCUT2D eigenvalue weighted by Crippen LogP contribution is -2.26. The van der Waals surface area contributed by atoms with Gasteiger partial charge in [-0.05, 0) is 24.3 Å². The van der Waals surface area contributed by atoms with Crippen LogP contribution in [0.5, 0.6) is 0 Å². The zero-order valence-corrected chi connectivity index (χ0v) is 14.0. The van der Waals surface area contributed by atoms with Gasteiger partial charge in [0.2, 0.25) is 6.10 Å². The average Bonchev–Trinajstić information content (AvgIpc) is 2.52. The molecule has 0 aliphatic carbocycles. The van der Waals surface area contributed by atoms with Crippen LogP contribution in [-0.4, -0.2) is 17.6 Å². The van der Waals surface area contributed by atoms with Crippen LogP contribution in [0, 0.1) is 0 Å². The Morgan fingerprint density at radius 1 is 1.09 bits per heavy atom. The van der Waals surface area contributed by atoms with Crippen molar-refractivity contribution in [2.24, 2.45) is 5.73 Å². The van der Waals surface area contributed by atoms with Gasteiger partial charge in [0.05, 0.1) is 5.75 Å². The highest BCUT2D eigenvalue weighted by molar-refractivity contribution is 9.10. The van der Waals surface area contributed by atoms with Crippen LogP contribution in [0.2, 0.25) is 0 Å². The third-order valence-electron chi connectivity index (χ3n) is 2.78. The first kappa shape index (κ1) is 16.6. The number of halogens is 1. The predicted octanol–water partition coefficient (Wildman–Crippen LogP) is 3.31. The molecule has 0 aromatic heterocycles. The van der Waals surface area contributed by atoms with Crippen molar-refractivity contribution >= 4 is 39.6 Å². The lowest BCUT2D eigenvalue weighted by atomic mass is 10.1. The molecule has 0 heterocycles. The van der Waals surface area contributed by atoms with E-state index in [0.717, 1.165) is 9.37 Å². The Labute approximate surface area is 141 Å². The van der Waals surface area contributed by atoms with Gasteiger partial charge >= 0.3 is 5.97 Å². The molecule has 0 aliphatic rings. The second-order valence-corrected chi connectivity index (χ2v) is 6.39. The summed E-state index contributed by atoms with van der Waals surface area (Å²) in [6.45, 7) is 0. The van der Waals surface area contributed by atoms with Crippen molar-refractivity contribution in [1.82, 2.24) is 0 Å². The summed E-state index contributed by atoms with van der Waals surface area (Å²) in [5.74, 6) is -1.06. The fourth-order valence-electron chi connectivity index (χ4n) is 1.76. The highest BCUT2D eigenvalue weighted by atomic mass is 79.9. The third kappa shape index (κ3) is 4.89. The number of hydrogen-bond donors (Lipinski definition) is 1. The number of benzene rings is 2. The quantitative estimate of drug-likeness (QED) is 0.617. The van der Waals surface area contributed by atoms with Crippen molar-refractivity contribution in [3.05, 3.63) is 64.6 Å². The molecule has 114 valence electrons. The van der Waals surface area contributed by atoms with Crippen LogP contribution in [-0.2, 0) is 14.3 Å². The summed E-state index contributed by atoms with van der Waals surface area (Å²) in [6, 6.07) is 16.3. The van der Waals surface area contributed by atoms with Crippen LogP contribution < -0.4 is 5.73 Å². The van der Waals surface area contributed by atoms with E-state index in [-0.39, 0.29) is 5.75 Å². The van der Waals surface area contributed by atoms with Gasteiger partial charge in [0.15, 0.2) is 0 Å². The molecule has 0 spiro atoms. The molecule has 6 heteroatoms. The summed E-state index contributed by atoms with van der Waals surface area (Å²) in [6.07, 6.45) is -1.06. The summed E-state index contributed by atoms with van der Waals surface area (Å²) >= 11 is 4.69. The number of ether oxygens (including phenoxy) is 1. The van der Waals surface area contributed by atoms with Crippen LogP contribution in [0.3, 0.4) is 0 Å². The van der Waals surface area contributed by atoms with Gasteiger partial charge in [0.1, 0.15) is 0 Å². The monoisotopic (exact) mass is 379 g/mol. The fraction of sp³-hybridized carbons (Fsp3) is 0.125. The van der Waals surface area contributed by atoms with E-state index < -0.39 is 18.0 Å². The molecular formula is C16H14BrNO3S. The number of hydrogen-bond acceptors (Lipinski definition) is 4. The Balaban J connectivity index is 1.94. The minimum absolute atomic E-state index is 0.109. The largest absolute Gasteiger partial charge is 0.447 e. The molecule has 4 nitrogen and oxygen atoms in total. The van der Waals surface area contributed by atoms with E-state index in [0.29, 0.717) is 5.56 Å². The Kier molecular flexibility index (Phi) is 6.03. The molecule has 0 aliphatic heterocycles. The zero-order chi connectivity index (χ0) is 15.9. The van der Waals surface area contributed by atoms with Crippen LogP contribution >= 0.6 is 27.7 Å². The minimum Gasteiger partial charge on any atom is -0.447 e. The molecule has 22 heavy (non-hydrogen) atoms. The van der Waals surface area contributed by atoms with E-state index in [1.54, 1.807) is 24.3 Å². The van der Waals surface area contributed by atoms with E-state index >= 15 is 0 Å². The zero-order valence-electron chi connectivity index (χ0n) is 11.6. The molecule has 1 amide bonds. The number of esters is 1. The molecule has 0 radical (unpaired) electrons. The van der Waals surface area contributed by atoms with Crippen LogP contribution in [0.4, 0.5) is 0 Å². The summed E-state index contributed by atoms with van der Waals surface area (Å²) in [5, 5.41) is 0.